The first-order chi connectivity index (χ1) is 13.2. The Hall–Kier alpha value is -3.26. The molecule has 7 nitrogen and oxygen atoms in total. The summed E-state index contributed by atoms with van der Waals surface area (Å²) in [6, 6.07) is 12.3. The molecule has 0 unspecified atom stereocenters. The maximum absolute atomic E-state index is 12.1. The number of nitrogens with zero attached hydrogens (tertiary/aromatic N) is 1. The zero-order valence-corrected chi connectivity index (χ0v) is 15.7. The highest BCUT2D eigenvalue weighted by atomic mass is 32.1. The van der Waals surface area contributed by atoms with Crippen molar-refractivity contribution in [3.05, 3.63) is 59.6 Å². The highest BCUT2D eigenvalue weighted by Gasteiger charge is 2.09. The minimum absolute atomic E-state index is 0.332. The third-order valence-electron chi connectivity index (χ3n) is 3.65. The Morgan fingerprint density at radius 2 is 1.85 bits per heavy atom. The Kier molecular flexibility index (Phi) is 6.11. The van der Waals surface area contributed by atoms with Gasteiger partial charge in [-0.2, -0.15) is 0 Å². The van der Waals surface area contributed by atoms with Crippen LogP contribution in [0.5, 0.6) is 22.4 Å². The Balaban J connectivity index is 1.53. The van der Waals surface area contributed by atoms with Crippen LogP contribution in [0.15, 0.2) is 54.0 Å². The number of hydrogen-bond donors (Lipinski definition) is 2. The van der Waals surface area contributed by atoms with Crippen molar-refractivity contribution in [3.8, 4) is 22.4 Å². The van der Waals surface area contributed by atoms with E-state index >= 15 is 0 Å². The fourth-order valence-electron chi connectivity index (χ4n) is 2.29. The minimum Gasteiger partial charge on any atom is -0.497 e. The Morgan fingerprint density at radius 3 is 2.52 bits per heavy atom. The van der Waals surface area contributed by atoms with Gasteiger partial charge in [-0.05, 0) is 29.8 Å². The van der Waals surface area contributed by atoms with E-state index in [1.807, 2.05) is 29.6 Å². The van der Waals surface area contributed by atoms with E-state index in [2.05, 4.69) is 15.6 Å². The van der Waals surface area contributed by atoms with Gasteiger partial charge >= 0.3 is 6.03 Å². The van der Waals surface area contributed by atoms with Crippen molar-refractivity contribution in [2.75, 3.05) is 19.5 Å². The molecule has 0 saturated carbocycles. The number of thiazole rings is 1. The van der Waals surface area contributed by atoms with Crippen molar-refractivity contribution < 1.29 is 19.0 Å². The second-order valence-corrected chi connectivity index (χ2v) is 6.28. The second-order valence-electron chi connectivity index (χ2n) is 5.42. The SMILES string of the molecule is COc1ccc(NC(=O)NCc2ccc(Oc3nccs3)cc2)c(OC)c1. The summed E-state index contributed by atoms with van der Waals surface area (Å²) in [6.07, 6.45) is 1.69. The molecule has 0 aliphatic carbocycles. The highest BCUT2D eigenvalue weighted by Crippen LogP contribution is 2.29. The van der Waals surface area contributed by atoms with Crippen LogP contribution in [0.2, 0.25) is 0 Å². The standard InChI is InChI=1S/C19H19N3O4S/c1-24-15-7-8-16(17(11-15)25-2)22-18(23)21-12-13-3-5-14(6-4-13)26-19-20-9-10-27-19/h3-11H,12H2,1-2H3,(H2,21,22,23). The van der Waals surface area contributed by atoms with Crippen LogP contribution in [0, 0.1) is 0 Å². The molecule has 140 valence electrons. The molecule has 0 spiro atoms. The molecule has 0 aliphatic rings. The number of aromatic nitrogens is 1. The molecule has 0 fully saturated rings. The zero-order chi connectivity index (χ0) is 19.1. The highest BCUT2D eigenvalue weighted by molar-refractivity contribution is 7.11. The summed E-state index contributed by atoms with van der Waals surface area (Å²) in [5.41, 5.74) is 1.50. The maximum Gasteiger partial charge on any atom is 0.319 e. The van der Waals surface area contributed by atoms with Crippen LogP contribution in [-0.2, 0) is 6.54 Å². The van der Waals surface area contributed by atoms with E-state index in [1.54, 1.807) is 31.5 Å². The number of amides is 2. The van der Waals surface area contributed by atoms with Crippen LogP contribution >= 0.6 is 11.3 Å². The summed E-state index contributed by atoms with van der Waals surface area (Å²) in [5, 5.41) is 8.01. The zero-order valence-electron chi connectivity index (χ0n) is 14.9. The first-order valence-electron chi connectivity index (χ1n) is 8.11. The number of nitrogens with one attached hydrogen (secondary N) is 2. The van der Waals surface area contributed by atoms with Crippen LogP contribution in [0.4, 0.5) is 10.5 Å². The van der Waals surface area contributed by atoms with Crippen molar-refractivity contribution in [2.24, 2.45) is 0 Å². The lowest BCUT2D eigenvalue weighted by Crippen LogP contribution is -2.28. The molecule has 2 amide bonds. The number of anilines is 1. The average molecular weight is 385 g/mol. The van der Waals surface area contributed by atoms with Crippen molar-refractivity contribution in [1.29, 1.82) is 0 Å². The molecular formula is C19H19N3O4S. The van der Waals surface area contributed by atoms with Gasteiger partial charge < -0.3 is 24.8 Å². The topological polar surface area (TPSA) is 81.7 Å². The van der Waals surface area contributed by atoms with E-state index < -0.39 is 0 Å². The van der Waals surface area contributed by atoms with Crippen molar-refractivity contribution in [1.82, 2.24) is 10.3 Å². The molecule has 2 N–H and O–H groups in total. The molecule has 0 aliphatic heterocycles. The van der Waals surface area contributed by atoms with Crippen LogP contribution in [-0.4, -0.2) is 25.2 Å². The van der Waals surface area contributed by atoms with Gasteiger partial charge in [0, 0.05) is 24.2 Å². The fourth-order valence-corrected chi connectivity index (χ4v) is 2.79. The molecule has 1 heterocycles. The predicted octanol–water partition coefficient (Wildman–Crippen LogP) is 4.27. The van der Waals surface area contributed by atoms with Gasteiger partial charge in [-0.3, -0.25) is 0 Å². The fraction of sp³-hybridized carbons (Fsp3) is 0.158. The van der Waals surface area contributed by atoms with Gasteiger partial charge in [0.25, 0.3) is 5.19 Å². The Labute approximate surface area is 160 Å². The minimum atomic E-state index is -0.332. The van der Waals surface area contributed by atoms with E-state index in [1.165, 1.54) is 18.4 Å². The summed E-state index contributed by atoms with van der Waals surface area (Å²) >= 11 is 1.43. The normalized spacial score (nSPS) is 10.1. The number of methoxy groups -OCH3 is 2. The summed E-state index contributed by atoms with van der Waals surface area (Å²) in [4.78, 5) is 16.2. The van der Waals surface area contributed by atoms with Crippen molar-refractivity contribution >= 4 is 23.1 Å². The molecule has 0 bridgehead atoms. The first-order valence-corrected chi connectivity index (χ1v) is 8.99. The first kappa shape index (κ1) is 18.5. The van der Waals surface area contributed by atoms with Gasteiger partial charge in [0.1, 0.15) is 17.2 Å². The van der Waals surface area contributed by atoms with Crippen LogP contribution < -0.4 is 24.8 Å². The summed E-state index contributed by atoms with van der Waals surface area (Å²) in [5.74, 6) is 1.87. The molecule has 27 heavy (non-hydrogen) atoms. The van der Waals surface area contributed by atoms with Crippen molar-refractivity contribution in [2.45, 2.75) is 6.54 Å². The maximum atomic E-state index is 12.1. The van der Waals surface area contributed by atoms with E-state index in [0.29, 0.717) is 34.7 Å². The summed E-state index contributed by atoms with van der Waals surface area (Å²) in [7, 11) is 3.11. The van der Waals surface area contributed by atoms with Crippen LogP contribution in [0.1, 0.15) is 5.56 Å². The molecule has 3 aromatic rings. The molecular weight excluding hydrogens is 366 g/mol. The van der Waals surface area contributed by atoms with Gasteiger partial charge in [-0.15, -0.1) is 0 Å². The third-order valence-corrected chi connectivity index (χ3v) is 4.30. The summed E-state index contributed by atoms with van der Waals surface area (Å²) < 4.78 is 16.0. The molecule has 1 aromatic heterocycles. The summed E-state index contributed by atoms with van der Waals surface area (Å²) in [6.45, 7) is 0.377. The monoisotopic (exact) mass is 385 g/mol. The van der Waals surface area contributed by atoms with Crippen molar-refractivity contribution in [3.63, 3.8) is 0 Å². The molecule has 3 rings (SSSR count). The lowest BCUT2D eigenvalue weighted by atomic mass is 10.2. The lowest BCUT2D eigenvalue weighted by Gasteiger charge is -2.12. The van der Waals surface area contributed by atoms with Gasteiger partial charge in [-0.1, -0.05) is 23.5 Å². The predicted molar refractivity (Wildman–Crippen MR) is 104 cm³/mol. The van der Waals surface area contributed by atoms with E-state index in [4.69, 9.17) is 14.2 Å². The molecule has 8 heteroatoms. The largest absolute Gasteiger partial charge is 0.497 e. The third kappa shape index (κ3) is 5.11. The molecule has 0 atom stereocenters. The van der Waals surface area contributed by atoms with Gasteiger partial charge in [0.15, 0.2) is 0 Å². The van der Waals surface area contributed by atoms with Crippen LogP contribution in [0.3, 0.4) is 0 Å². The van der Waals surface area contributed by atoms with Gasteiger partial charge in [0.05, 0.1) is 19.9 Å². The van der Waals surface area contributed by atoms with E-state index in [9.17, 15) is 4.79 Å². The molecule has 0 saturated heterocycles. The average Bonchev–Trinajstić information content (AvgIpc) is 3.21. The number of carbonyl (C=O) groups is 1. The second kappa shape index (κ2) is 8.91. The van der Waals surface area contributed by atoms with E-state index in [0.717, 1.165) is 5.56 Å². The van der Waals surface area contributed by atoms with Gasteiger partial charge in [-0.25, -0.2) is 9.78 Å². The number of benzene rings is 2. The number of urea groups is 1. The quantitative estimate of drug-likeness (QED) is 0.635. The molecule has 0 radical (unpaired) electrons. The number of hydrogen-bond acceptors (Lipinski definition) is 6. The van der Waals surface area contributed by atoms with E-state index in [-0.39, 0.29) is 6.03 Å². The number of ether oxygens (including phenoxy) is 3. The van der Waals surface area contributed by atoms with Gasteiger partial charge in [0.2, 0.25) is 0 Å². The number of rotatable bonds is 7. The van der Waals surface area contributed by atoms with Crippen LogP contribution in [0.25, 0.3) is 0 Å². The number of carbonyl (C=O) groups excluding carboxylic acids is 1. The lowest BCUT2D eigenvalue weighted by molar-refractivity contribution is 0.251. The smallest absolute Gasteiger partial charge is 0.319 e. The Morgan fingerprint density at radius 1 is 1.07 bits per heavy atom. The molecule has 2 aromatic carbocycles. The Bertz CT molecular complexity index is 882.